The van der Waals surface area contributed by atoms with Crippen LogP contribution >= 0.6 is 15.9 Å². The van der Waals surface area contributed by atoms with Crippen molar-refractivity contribution in [2.75, 3.05) is 0 Å². The molecule has 0 spiro atoms. The Hall–Kier alpha value is -3.20. The molecular formula is C17H13BrN4O4. The zero-order chi connectivity index (χ0) is 18.5. The Kier molecular flexibility index (Phi) is 5.28. The van der Waals surface area contributed by atoms with Crippen LogP contribution in [0.4, 0.5) is 0 Å². The molecule has 8 nitrogen and oxygen atoms in total. The molecule has 0 saturated carbocycles. The lowest BCUT2D eigenvalue weighted by Crippen LogP contribution is -2.16. The average Bonchev–Trinajstić information content (AvgIpc) is 3.26. The maximum Gasteiger partial charge on any atom is 0.347 e. The Balaban J connectivity index is 1.58. The van der Waals surface area contributed by atoms with Gasteiger partial charge in [-0.15, -0.1) is 0 Å². The van der Waals surface area contributed by atoms with E-state index < -0.39 is 11.9 Å². The van der Waals surface area contributed by atoms with Crippen molar-refractivity contribution in [2.24, 2.45) is 12.1 Å². The van der Waals surface area contributed by atoms with E-state index in [1.807, 2.05) is 0 Å². The lowest BCUT2D eigenvalue weighted by Gasteiger charge is -2.03. The van der Waals surface area contributed by atoms with Gasteiger partial charge in [-0.3, -0.25) is 9.48 Å². The fraction of sp³-hybridized carbons (Fsp3) is 0.0588. The molecule has 132 valence electrons. The molecule has 0 aliphatic rings. The van der Waals surface area contributed by atoms with Crippen LogP contribution in [0.15, 0.2) is 63.0 Å². The van der Waals surface area contributed by atoms with Gasteiger partial charge in [0, 0.05) is 13.2 Å². The van der Waals surface area contributed by atoms with E-state index in [2.05, 4.69) is 31.6 Å². The first kappa shape index (κ1) is 17.6. The molecule has 0 fully saturated rings. The first-order valence-electron chi connectivity index (χ1n) is 7.41. The van der Waals surface area contributed by atoms with E-state index in [-0.39, 0.29) is 5.76 Å². The van der Waals surface area contributed by atoms with Crippen molar-refractivity contribution >= 4 is 34.0 Å². The van der Waals surface area contributed by atoms with Gasteiger partial charge in [-0.2, -0.15) is 10.2 Å². The van der Waals surface area contributed by atoms with E-state index in [1.165, 1.54) is 23.2 Å². The molecule has 0 radical (unpaired) electrons. The van der Waals surface area contributed by atoms with Crippen LogP contribution in [0.2, 0.25) is 0 Å². The molecule has 0 atom stereocenters. The number of benzene rings is 1. The number of amides is 1. The molecule has 3 aromatic rings. The Morgan fingerprint density at radius 3 is 2.69 bits per heavy atom. The second-order valence-corrected chi connectivity index (χ2v) is 5.89. The van der Waals surface area contributed by atoms with Crippen LogP contribution < -0.4 is 10.2 Å². The zero-order valence-corrected chi connectivity index (χ0v) is 15.1. The van der Waals surface area contributed by atoms with E-state index in [1.54, 1.807) is 43.6 Å². The number of aromatic nitrogens is 2. The highest BCUT2D eigenvalue weighted by Crippen LogP contribution is 2.18. The predicted octanol–water partition coefficient (Wildman–Crippen LogP) is 2.76. The van der Waals surface area contributed by atoms with Crippen LogP contribution in [0.3, 0.4) is 0 Å². The van der Waals surface area contributed by atoms with Crippen LogP contribution in [0, 0.1) is 0 Å². The van der Waals surface area contributed by atoms with E-state index >= 15 is 0 Å². The van der Waals surface area contributed by atoms with Crippen LogP contribution in [-0.2, 0) is 7.05 Å². The van der Waals surface area contributed by atoms with Crippen molar-refractivity contribution in [3.8, 4) is 5.75 Å². The Morgan fingerprint density at radius 1 is 1.31 bits per heavy atom. The Labute approximate surface area is 156 Å². The minimum absolute atomic E-state index is 0.172. The van der Waals surface area contributed by atoms with Crippen molar-refractivity contribution in [3.05, 3.63) is 70.3 Å². The first-order chi connectivity index (χ1) is 12.5. The molecule has 3 rings (SSSR count). The van der Waals surface area contributed by atoms with Crippen molar-refractivity contribution in [1.29, 1.82) is 0 Å². The number of carbonyl (C=O) groups is 2. The number of halogens is 1. The third-order valence-electron chi connectivity index (χ3n) is 3.22. The fourth-order valence-electron chi connectivity index (χ4n) is 2.01. The fourth-order valence-corrected chi connectivity index (χ4v) is 2.52. The summed E-state index contributed by atoms with van der Waals surface area (Å²) in [4.78, 5) is 23.8. The van der Waals surface area contributed by atoms with Gasteiger partial charge in [0.2, 0.25) is 0 Å². The molecule has 0 saturated heterocycles. The second kappa shape index (κ2) is 7.79. The highest BCUT2D eigenvalue weighted by atomic mass is 79.9. The van der Waals surface area contributed by atoms with E-state index in [9.17, 15) is 9.59 Å². The normalized spacial score (nSPS) is 10.8. The van der Waals surface area contributed by atoms with Crippen molar-refractivity contribution < 1.29 is 18.7 Å². The largest absolute Gasteiger partial charge is 0.459 e. The summed E-state index contributed by atoms with van der Waals surface area (Å²) in [5.41, 5.74) is 3.39. The molecule has 0 unspecified atom stereocenters. The number of furan rings is 1. The summed E-state index contributed by atoms with van der Waals surface area (Å²) in [6.07, 6.45) is 4.43. The van der Waals surface area contributed by atoms with Gasteiger partial charge in [0.1, 0.15) is 15.9 Å². The van der Waals surface area contributed by atoms with Gasteiger partial charge in [-0.25, -0.2) is 10.2 Å². The van der Waals surface area contributed by atoms with Gasteiger partial charge in [0.25, 0.3) is 0 Å². The summed E-state index contributed by atoms with van der Waals surface area (Å²) in [6, 6.07) is 9.79. The molecular weight excluding hydrogens is 404 g/mol. The number of carbonyl (C=O) groups excluding carboxylic acids is 2. The maximum absolute atomic E-state index is 12.1. The molecule has 0 aliphatic heterocycles. The molecule has 2 heterocycles. The lowest BCUT2D eigenvalue weighted by molar-refractivity contribution is 0.0733. The summed E-state index contributed by atoms with van der Waals surface area (Å²) in [6.45, 7) is 0. The van der Waals surface area contributed by atoms with Crippen LogP contribution in [0.5, 0.6) is 5.75 Å². The number of nitrogens with one attached hydrogen (secondary N) is 1. The number of nitrogens with zero attached hydrogens (tertiary/aromatic N) is 3. The van der Waals surface area contributed by atoms with Gasteiger partial charge < -0.3 is 9.15 Å². The van der Waals surface area contributed by atoms with Crippen LogP contribution in [0.1, 0.15) is 26.5 Å². The molecule has 2 aromatic heterocycles. The molecule has 9 heteroatoms. The lowest BCUT2D eigenvalue weighted by atomic mass is 10.2. The highest BCUT2D eigenvalue weighted by molar-refractivity contribution is 9.10. The molecule has 0 aliphatic carbocycles. The quantitative estimate of drug-likeness (QED) is 0.298. The van der Waals surface area contributed by atoms with E-state index in [0.29, 0.717) is 21.5 Å². The SMILES string of the molecule is Cn1cc(C(=O)Oc2ccc(/C=N/NC(=O)c3ccco3)cc2)c(Br)n1. The summed E-state index contributed by atoms with van der Waals surface area (Å²) >= 11 is 3.21. The Bertz CT molecular complexity index is 946. The number of esters is 1. The molecule has 0 bridgehead atoms. The number of hydrogen-bond acceptors (Lipinski definition) is 6. The van der Waals surface area contributed by atoms with Crippen molar-refractivity contribution in [2.45, 2.75) is 0 Å². The summed E-state index contributed by atoms with van der Waals surface area (Å²) in [5, 5.41) is 7.87. The van der Waals surface area contributed by atoms with Crippen molar-refractivity contribution in [3.63, 3.8) is 0 Å². The summed E-state index contributed by atoms with van der Waals surface area (Å²) in [5.74, 6) is -0.413. The van der Waals surface area contributed by atoms with Crippen LogP contribution in [0.25, 0.3) is 0 Å². The van der Waals surface area contributed by atoms with Gasteiger partial charge in [-0.05, 0) is 57.9 Å². The van der Waals surface area contributed by atoms with E-state index in [0.717, 1.165) is 0 Å². The first-order valence-corrected chi connectivity index (χ1v) is 8.20. The van der Waals surface area contributed by atoms with Gasteiger partial charge in [0.05, 0.1) is 12.5 Å². The zero-order valence-electron chi connectivity index (χ0n) is 13.5. The number of aryl methyl sites for hydroxylation is 1. The summed E-state index contributed by atoms with van der Waals surface area (Å²) in [7, 11) is 1.71. The molecule has 26 heavy (non-hydrogen) atoms. The third-order valence-corrected chi connectivity index (χ3v) is 3.80. The second-order valence-electron chi connectivity index (χ2n) is 5.14. The number of rotatable bonds is 5. The third kappa shape index (κ3) is 4.25. The number of hydrogen-bond donors (Lipinski definition) is 1. The Morgan fingerprint density at radius 2 is 2.08 bits per heavy atom. The number of hydrazone groups is 1. The maximum atomic E-state index is 12.1. The average molecular weight is 417 g/mol. The molecule has 1 aromatic carbocycles. The smallest absolute Gasteiger partial charge is 0.347 e. The number of ether oxygens (including phenoxy) is 1. The van der Waals surface area contributed by atoms with Gasteiger partial charge >= 0.3 is 11.9 Å². The van der Waals surface area contributed by atoms with Gasteiger partial charge in [0.15, 0.2) is 5.76 Å². The molecule has 1 amide bonds. The standard InChI is InChI=1S/C17H13BrN4O4/c1-22-10-13(15(18)21-22)17(24)26-12-6-4-11(5-7-12)9-19-20-16(23)14-3-2-8-25-14/h2-10H,1H3,(H,20,23)/b19-9+. The van der Waals surface area contributed by atoms with Crippen LogP contribution in [-0.4, -0.2) is 27.9 Å². The summed E-state index contributed by atoms with van der Waals surface area (Å²) < 4.78 is 12.2. The monoisotopic (exact) mass is 416 g/mol. The van der Waals surface area contributed by atoms with Gasteiger partial charge in [-0.1, -0.05) is 0 Å². The van der Waals surface area contributed by atoms with Crippen molar-refractivity contribution in [1.82, 2.24) is 15.2 Å². The topological polar surface area (TPSA) is 98.7 Å². The van der Waals surface area contributed by atoms with E-state index in [4.69, 9.17) is 9.15 Å². The highest BCUT2D eigenvalue weighted by Gasteiger charge is 2.16. The minimum atomic E-state index is -0.517. The minimum Gasteiger partial charge on any atom is -0.459 e. The molecule has 1 N–H and O–H groups in total. The predicted molar refractivity (Wildman–Crippen MR) is 96.1 cm³/mol.